The van der Waals surface area contributed by atoms with Crippen molar-refractivity contribution >= 4 is 21.4 Å². The molecule has 2 N–H and O–H groups in total. The maximum absolute atomic E-state index is 12.1. The Labute approximate surface area is 120 Å². The topological polar surface area (TPSA) is 58.2 Å². The van der Waals surface area contributed by atoms with Gasteiger partial charge in [0.05, 0.1) is 4.90 Å². The quantitative estimate of drug-likeness (QED) is 0.755. The Kier molecular flexibility index (Phi) is 5.99. The predicted molar refractivity (Wildman–Crippen MR) is 72.3 cm³/mol. The van der Waals surface area contributed by atoms with E-state index in [2.05, 4.69) is 5.32 Å². The number of rotatable bonds is 7. The van der Waals surface area contributed by atoms with Crippen LogP contribution in [0.5, 0.6) is 0 Å². The van der Waals surface area contributed by atoms with Crippen molar-refractivity contribution in [2.45, 2.75) is 37.9 Å². The number of thiophene rings is 1. The van der Waals surface area contributed by atoms with E-state index in [1.54, 1.807) is 11.6 Å². The molecule has 0 saturated carbocycles. The fourth-order valence-corrected chi connectivity index (χ4v) is 4.14. The summed E-state index contributed by atoms with van der Waals surface area (Å²) in [6.45, 7) is 3.33. The van der Waals surface area contributed by atoms with Gasteiger partial charge in [-0.3, -0.25) is 0 Å². The van der Waals surface area contributed by atoms with Gasteiger partial charge in [-0.05, 0) is 26.0 Å². The van der Waals surface area contributed by atoms with Crippen LogP contribution in [-0.2, 0) is 16.6 Å². The largest absolute Gasteiger partial charge is 0.402 e. The molecule has 0 amide bonds. The van der Waals surface area contributed by atoms with Crippen LogP contribution in [0.2, 0.25) is 0 Å². The van der Waals surface area contributed by atoms with Crippen LogP contribution >= 0.6 is 11.3 Å². The second kappa shape index (κ2) is 6.88. The van der Waals surface area contributed by atoms with Crippen molar-refractivity contribution in [3.63, 3.8) is 0 Å². The zero-order chi connectivity index (χ0) is 15.4. The first-order valence-electron chi connectivity index (χ1n) is 6.02. The molecular formula is C11H17F3N2O2S2. The van der Waals surface area contributed by atoms with E-state index in [0.29, 0.717) is 11.4 Å². The molecule has 9 heteroatoms. The van der Waals surface area contributed by atoms with Gasteiger partial charge in [0, 0.05) is 16.3 Å². The molecule has 0 spiro atoms. The lowest BCUT2D eigenvalue weighted by Crippen LogP contribution is -2.33. The summed E-state index contributed by atoms with van der Waals surface area (Å²) in [5, 5.41) is 3.11. The molecular weight excluding hydrogens is 313 g/mol. The Morgan fingerprint density at radius 1 is 1.35 bits per heavy atom. The van der Waals surface area contributed by atoms with Crippen molar-refractivity contribution in [2.75, 3.05) is 13.1 Å². The first-order chi connectivity index (χ1) is 9.15. The fraction of sp³-hybridized carbons (Fsp3) is 0.636. The summed E-state index contributed by atoms with van der Waals surface area (Å²) in [6, 6.07) is 1.42. The first-order valence-corrected chi connectivity index (χ1v) is 8.32. The first kappa shape index (κ1) is 17.4. The molecule has 20 heavy (non-hydrogen) atoms. The molecule has 0 aliphatic carbocycles. The van der Waals surface area contributed by atoms with Crippen LogP contribution in [0.15, 0.2) is 11.0 Å². The molecule has 0 aromatic carbocycles. The molecule has 4 nitrogen and oxygen atoms in total. The summed E-state index contributed by atoms with van der Waals surface area (Å²) in [5.41, 5.74) is 0. The normalized spacial score (nSPS) is 12.8. The van der Waals surface area contributed by atoms with Gasteiger partial charge in [0.15, 0.2) is 0 Å². The molecule has 0 saturated heterocycles. The maximum atomic E-state index is 12.1. The Hall–Kier alpha value is -0.640. The second-order valence-electron chi connectivity index (χ2n) is 4.25. The molecule has 1 aromatic heterocycles. The van der Waals surface area contributed by atoms with Gasteiger partial charge in [0.25, 0.3) is 0 Å². The van der Waals surface area contributed by atoms with Crippen molar-refractivity contribution in [2.24, 2.45) is 0 Å². The number of nitrogens with one attached hydrogen (secondary N) is 2. The van der Waals surface area contributed by atoms with E-state index in [1.165, 1.54) is 17.4 Å². The molecule has 0 aliphatic heterocycles. The molecule has 0 radical (unpaired) electrons. The average Bonchev–Trinajstić information content (AvgIpc) is 2.69. The molecule has 0 bridgehead atoms. The summed E-state index contributed by atoms with van der Waals surface area (Å²) in [7, 11) is -4.12. The van der Waals surface area contributed by atoms with E-state index in [9.17, 15) is 21.6 Å². The number of halogens is 3. The van der Waals surface area contributed by atoms with E-state index in [1.807, 2.05) is 6.92 Å². The van der Waals surface area contributed by atoms with Crippen molar-refractivity contribution in [3.8, 4) is 0 Å². The zero-order valence-electron chi connectivity index (χ0n) is 11.2. The van der Waals surface area contributed by atoms with Gasteiger partial charge in [-0.1, -0.05) is 6.92 Å². The van der Waals surface area contributed by atoms with Crippen molar-refractivity contribution in [1.82, 2.24) is 10.0 Å². The number of alkyl halides is 3. The van der Waals surface area contributed by atoms with E-state index in [4.69, 9.17) is 0 Å². The highest BCUT2D eigenvalue weighted by molar-refractivity contribution is 7.89. The summed E-state index contributed by atoms with van der Waals surface area (Å²) in [6.07, 6.45) is -3.62. The summed E-state index contributed by atoms with van der Waals surface area (Å²) >= 11 is 1.26. The fourth-order valence-electron chi connectivity index (χ4n) is 1.52. The minimum atomic E-state index is -4.57. The minimum Gasteiger partial charge on any atom is -0.312 e. The van der Waals surface area contributed by atoms with Gasteiger partial charge in [-0.15, -0.1) is 11.3 Å². The Balaban J connectivity index is 2.79. The average molecular weight is 330 g/mol. The third-order valence-electron chi connectivity index (χ3n) is 2.40. The molecule has 0 fully saturated rings. The molecule has 1 rings (SSSR count). The molecule has 1 aromatic rings. The molecule has 0 aliphatic rings. The Morgan fingerprint density at radius 3 is 2.55 bits per heavy atom. The summed E-state index contributed by atoms with van der Waals surface area (Å²) in [4.78, 5) is 1.18. The van der Waals surface area contributed by atoms with Gasteiger partial charge in [0.1, 0.15) is 6.54 Å². The molecule has 1 heterocycles. The SMILES string of the molecule is CCCNCc1cc(S(=O)(=O)NCC(F)(F)F)c(C)s1. The zero-order valence-corrected chi connectivity index (χ0v) is 12.8. The van der Waals surface area contributed by atoms with Crippen molar-refractivity contribution < 1.29 is 21.6 Å². The lowest BCUT2D eigenvalue weighted by molar-refractivity contribution is -0.121. The number of sulfonamides is 1. The lowest BCUT2D eigenvalue weighted by Gasteiger charge is -2.08. The van der Waals surface area contributed by atoms with E-state index < -0.39 is 22.7 Å². The smallest absolute Gasteiger partial charge is 0.312 e. The van der Waals surface area contributed by atoms with E-state index >= 15 is 0 Å². The van der Waals surface area contributed by atoms with Gasteiger partial charge in [-0.25, -0.2) is 13.1 Å². The van der Waals surface area contributed by atoms with Crippen molar-refractivity contribution in [1.29, 1.82) is 0 Å². The van der Waals surface area contributed by atoms with Crippen LogP contribution in [0.25, 0.3) is 0 Å². The second-order valence-corrected chi connectivity index (χ2v) is 7.33. The minimum absolute atomic E-state index is 0.0833. The summed E-state index contributed by atoms with van der Waals surface area (Å²) < 4.78 is 61.4. The van der Waals surface area contributed by atoms with Gasteiger partial charge in [-0.2, -0.15) is 13.2 Å². The number of hydrogen-bond acceptors (Lipinski definition) is 4. The Morgan fingerprint density at radius 2 is 2.00 bits per heavy atom. The summed E-state index contributed by atoms with van der Waals surface area (Å²) in [5.74, 6) is 0. The van der Waals surface area contributed by atoms with E-state index in [0.717, 1.165) is 17.8 Å². The van der Waals surface area contributed by atoms with Crippen LogP contribution < -0.4 is 10.0 Å². The van der Waals surface area contributed by atoms with Crippen LogP contribution in [0.1, 0.15) is 23.1 Å². The highest BCUT2D eigenvalue weighted by Crippen LogP contribution is 2.26. The molecule has 0 atom stereocenters. The molecule has 116 valence electrons. The van der Waals surface area contributed by atoms with Gasteiger partial charge < -0.3 is 5.32 Å². The third-order valence-corrected chi connectivity index (χ3v) is 5.11. The lowest BCUT2D eigenvalue weighted by atomic mass is 10.4. The monoisotopic (exact) mass is 330 g/mol. The number of aryl methyl sites for hydroxylation is 1. The highest BCUT2D eigenvalue weighted by atomic mass is 32.2. The van der Waals surface area contributed by atoms with Crippen LogP contribution in [-0.4, -0.2) is 27.7 Å². The predicted octanol–water partition coefficient (Wildman–Crippen LogP) is 2.40. The van der Waals surface area contributed by atoms with Crippen LogP contribution in [0.4, 0.5) is 13.2 Å². The van der Waals surface area contributed by atoms with E-state index in [-0.39, 0.29) is 4.90 Å². The third kappa shape index (κ3) is 5.39. The standard InChI is InChI=1S/C11H17F3N2O2S2/c1-3-4-15-6-9-5-10(8(2)19-9)20(17,18)16-7-11(12,13)14/h5,15-16H,3-4,6-7H2,1-2H3. The van der Waals surface area contributed by atoms with Gasteiger partial charge >= 0.3 is 6.18 Å². The van der Waals surface area contributed by atoms with Crippen LogP contribution in [0, 0.1) is 6.92 Å². The van der Waals surface area contributed by atoms with Crippen LogP contribution in [0.3, 0.4) is 0 Å². The Bertz CT molecular complexity index is 538. The maximum Gasteiger partial charge on any atom is 0.402 e. The highest BCUT2D eigenvalue weighted by Gasteiger charge is 2.31. The van der Waals surface area contributed by atoms with Crippen molar-refractivity contribution in [3.05, 3.63) is 15.8 Å². The number of hydrogen-bond donors (Lipinski definition) is 2. The molecule has 0 unspecified atom stereocenters. The van der Waals surface area contributed by atoms with Gasteiger partial charge in [0.2, 0.25) is 10.0 Å².